The van der Waals surface area contributed by atoms with Crippen LogP contribution in [0.2, 0.25) is 0 Å². The molecule has 1 saturated carbocycles. The first-order valence-corrected chi connectivity index (χ1v) is 7.85. The van der Waals surface area contributed by atoms with Gasteiger partial charge >= 0.3 is 0 Å². The first kappa shape index (κ1) is 16.2. The number of aromatic nitrogens is 1. The lowest BCUT2D eigenvalue weighted by molar-refractivity contribution is -0.133. The monoisotopic (exact) mass is 326 g/mol. The van der Waals surface area contributed by atoms with E-state index < -0.39 is 5.41 Å². The Bertz CT molecular complexity index is 767. The van der Waals surface area contributed by atoms with E-state index in [0.29, 0.717) is 42.9 Å². The molecule has 5 heteroatoms. The Kier molecular flexibility index (Phi) is 4.34. The Morgan fingerprint density at radius 2 is 1.96 bits per heavy atom. The largest absolute Gasteiger partial charge is 0.356 e. The molecule has 1 aliphatic rings. The summed E-state index contributed by atoms with van der Waals surface area (Å²) in [6.07, 6.45) is 4.79. The van der Waals surface area contributed by atoms with Gasteiger partial charge in [-0.3, -0.25) is 4.79 Å². The Hall–Kier alpha value is -2.69. The van der Waals surface area contributed by atoms with Crippen LogP contribution in [0.15, 0.2) is 60.2 Å². The highest BCUT2D eigenvalue weighted by molar-refractivity contribution is 5.91. The van der Waals surface area contributed by atoms with Crippen molar-refractivity contribution < 1.29 is 13.7 Å². The Balaban J connectivity index is 1.89. The zero-order valence-corrected chi connectivity index (χ0v) is 13.4. The summed E-state index contributed by atoms with van der Waals surface area (Å²) in [6, 6.07) is 8.01. The average Bonchev–Trinajstić information content (AvgIpc) is 3.25. The third-order valence-electron chi connectivity index (χ3n) is 4.29. The van der Waals surface area contributed by atoms with Crippen molar-refractivity contribution in [2.45, 2.75) is 18.3 Å². The first-order valence-electron chi connectivity index (χ1n) is 7.85. The number of halogens is 1. The summed E-state index contributed by atoms with van der Waals surface area (Å²) < 4.78 is 19.2. The van der Waals surface area contributed by atoms with E-state index in [1.54, 1.807) is 41.3 Å². The average molecular weight is 326 g/mol. The molecule has 0 N–H and O–H groups in total. The third kappa shape index (κ3) is 2.77. The maximum atomic E-state index is 13.9. The predicted molar refractivity (Wildman–Crippen MR) is 89.8 cm³/mol. The molecule has 2 aromatic rings. The standard InChI is InChI=1S/C19H19FN2O2/c1-3-11-22(12-4-2)18(23)19(9-10-19)17-13-16(24-21-17)14-7-5-6-8-15(14)20/h3-8,13H,1-2,9-12H2. The number of hydrogen-bond acceptors (Lipinski definition) is 3. The third-order valence-corrected chi connectivity index (χ3v) is 4.29. The lowest BCUT2D eigenvalue weighted by atomic mass is 9.99. The number of amides is 1. The van der Waals surface area contributed by atoms with E-state index in [9.17, 15) is 9.18 Å². The number of carbonyl (C=O) groups excluding carboxylic acids is 1. The molecule has 1 aliphatic carbocycles. The summed E-state index contributed by atoms with van der Waals surface area (Å²) in [5.74, 6) is -0.0619. The van der Waals surface area contributed by atoms with Gasteiger partial charge in [-0.15, -0.1) is 13.2 Å². The van der Waals surface area contributed by atoms with Crippen molar-refractivity contribution >= 4 is 5.91 Å². The molecule has 0 bridgehead atoms. The molecule has 0 unspecified atom stereocenters. The summed E-state index contributed by atoms with van der Waals surface area (Å²) in [5.41, 5.74) is 0.233. The minimum atomic E-state index is -0.668. The van der Waals surface area contributed by atoms with Crippen molar-refractivity contribution in [2.24, 2.45) is 0 Å². The van der Waals surface area contributed by atoms with Crippen LogP contribution in [-0.4, -0.2) is 29.1 Å². The summed E-state index contributed by atoms with van der Waals surface area (Å²) >= 11 is 0. The molecule has 1 aromatic heterocycles. The molecule has 1 fully saturated rings. The molecule has 0 saturated heterocycles. The second kappa shape index (κ2) is 6.43. The maximum Gasteiger partial charge on any atom is 0.235 e. The number of nitrogens with zero attached hydrogens (tertiary/aromatic N) is 2. The van der Waals surface area contributed by atoms with Crippen LogP contribution in [0.5, 0.6) is 0 Å². The quantitative estimate of drug-likeness (QED) is 0.729. The summed E-state index contributed by atoms with van der Waals surface area (Å²) in [5, 5.41) is 4.05. The summed E-state index contributed by atoms with van der Waals surface area (Å²) in [7, 11) is 0. The number of hydrogen-bond donors (Lipinski definition) is 0. The van der Waals surface area contributed by atoms with Crippen molar-refractivity contribution in [3.63, 3.8) is 0 Å². The molecule has 0 radical (unpaired) electrons. The summed E-state index contributed by atoms with van der Waals surface area (Å²) in [6.45, 7) is 8.28. The van der Waals surface area contributed by atoms with Gasteiger partial charge in [0.25, 0.3) is 0 Å². The van der Waals surface area contributed by atoms with Gasteiger partial charge in [-0.05, 0) is 25.0 Å². The lowest BCUT2D eigenvalue weighted by Gasteiger charge is -2.24. The van der Waals surface area contributed by atoms with Gasteiger partial charge in [-0.25, -0.2) is 4.39 Å². The zero-order chi connectivity index (χ0) is 17.2. The van der Waals surface area contributed by atoms with Gasteiger partial charge in [0.15, 0.2) is 5.76 Å². The van der Waals surface area contributed by atoms with Crippen LogP contribution in [0.25, 0.3) is 11.3 Å². The lowest BCUT2D eigenvalue weighted by Crippen LogP contribution is -2.39. The Labute approximate surface area is 140 Å². The topological polar surface area (TPSA) is 46.3 Å². The number of rotatable bonds is 7. The van der Waals surface area contributed by atoms with Gasteiger partial charge < -0.3 is 9.42 Å². The second-order valence-electron chi connectivity index (χ2n) is 5.93. The van der Waals surface area contributed by atoms with E-state index in [2.05, 4.69) is 18.3 Å². The fourth-order valence-corrected chi connectivity index (χ4v) is 2.85. The fraction of sp³-hybridized carbons (Fsp3) is 0.263. The van der Waals surface area contributed by atoms with Gasteiger partial charge in [0.2, 0.25) is 5.91 Å². The van der Waals surface area contributed by atoms with Crippen LogP contribution in [-0.2, 0) is 10.2 Å². The normalized spacial score (nSPS) is 14.9. The van der Waals surface area contributed by atoms with Crippen LogP contribution >= 0.6 is 0 Å². The van der Waals surface area contributed by atoms with Crippen LogP contribution in [0.4, 0.5) is 4.39 Å². The van der Waals surface area contributed by atoms with Crippen LogP contribution in [0.3, 0.4) is 0 Å². The molecule has 3 rings (SSSR count). The first-order chi connectivity index (χ1) is 11.6. The van der Waals surface area contributed by atoms with Crippen molar-refractivity contribution in [1.29, 1.82) is 0 Å². The van der Waals surface area contributed by atoms with Gasteiger partial charge in [0.05, 0.1) is 16.7 Å². The van der Waals surface area contributed by atoms with Crippen LogP contribution in [0, 0.1) is 5.82 Å². The highest BCUT2D eigenvalue weighted by Gasteiger charge is 2.55. The minimum absolute atomic E-state index is 0.0179. The van der Waals surface area contributed by atoms with E-state index >= 15 is 0 Å². The molecule has 1 heterocycles. The predicted octanol–water partition coefficient (Wildman–Crippen LogP) is 3.71. The van der Waals surface area contributed by atoms with Crippen molar-refractivity contribution in [1.82, 2.24) is 10.1 Å². The Morgan fingerprint density at radius 3 is 2.54 bits per heavy atom. The highest BCUT2D eigenvalue weighted by Crippen LogP contribution is 2.49. The molecule has 4 nitrogen and oxygen atoms in total. The highest BCUT2D eigenvalue weighted by atomic mass is 19.1. The number of carbonyl (C=O) groups is 1. The van der Waals surface area contributed by atoms with E-state index in [4.69, 9.17) is 4.52 Å². The SMILES string of the molecule is C=CCN(CC=C)C(=O)C1(c2cc(-c3ccccc3F)on2)CC1. The fourth-order valence-electron chi connectivity index (χ4n) is 2.85. The van der Waals surface area contributed by atoms with Gasteiger partial charge in [0.1, 0.15) is 5.82 Å². The minimum Gasteiger partial charge on any atom is -0.356 e. The van der Waals surface area contributed by atoms with Gasteiger partial charge in [0, 0.05) is 19.2 Å². The van der Waals surface area contributed by atoms with E-state index in [1.165, 1.54) is 6.07 Å². The molecule has 1 aromatic carbocycles. The molecule has 124 valence electrons. The molecular formula is C19H19FN2O2. The van der Waals surface area contributed by atoms with Gasteiger partial charge in [-0.2, -0.15) is 0 Å². The molecule has 0 aliphatic heterocycles. The van der Waals surface area contributed by atoms with Crippen LogP contribution < -0.4 is 0 Å². The summed E-state index contributed by atoms with van der Waals surface area (Å²) in [4.78, 5) is 14.6. The van der Waals surface area contributed by atoms with Gasteiger partial charge in [-0.1, -0.05) is 29.4 Å². The molecule has 24 heavy (non-hydrogen) atoms. The van der Waals surface area contributed by atoms with Crippen molar-refractivity contribution in [3.05, 3.63) is 67.2 Å². The van der Waals surface area contributed by atoms with E-state index in [-0.39, 0.29) is 11.7 Å². The zero-order valence-electron chi connectivity index (χ0n) is 13.4. The Morgan fingerprint density at radius 1 is 1.29 bits per heavy atom. The van der Waals surface area contributed by atoms with Crippen LogP contribution in [0.1, 0.15) is 18.5 Å². The van der Waals surface area contributed by atoms with Crippen molar-refractivity contribution in [3.8, 4) is 11.3 Å². The van der Waals surface area contributed by atoms with Crippen molar-refractivity contribution in [2.75, 3.05) is 13.1 Å². The molecule has 0 atom stereocenters. The van der Waals surface area contributed by atoms with E-state index in [0.717, 1.165) is 0 Å². The molecular weight excluding hydrogens is 307 g/mol. The molecule has 0 spiro atoms. The van der Waals surface area contributed by atoms with E-state index in [1.807, 2.05) is 0 Å². The smallest absolute Gasteiger partial charge is 0.235 e. The second-order valence-corrected chi connectivity index (χ2v) is 5.93. The maximum absolute atomic E-state index is 13.9. The number of benzene rings is 1. The molecule has 1 amide bonds.